The van der Waals surface area contributed by atoms with Crippen LogP contribution in [0.1, 0.15) is 27.2 Å². The molecule has 2 aliphatic heterocycles. The molecule has 0 spiro atoms. The lowest BCUT2D eigenvalue weighted by Crippen LogP contribution is -2.50. The summed E-state index contributed by atoms with van der Waals surface area (Å²) in [6, 6.07) is 10.5. The number of amides is 1. The number of carbonyl (C=O) groups is 1. The molecule has 0 unspecified atom stereocenters. The van der Waals surface area contributed by atoms with Gasteiger partial charge in [-0.1, -0.05) is 6.07 Å². The smallest absolute Gasteiger partial charge is 0.410 e. The first-order chi connectivity index (χ1) is 22.6. The van der Waals surface area contributed by atoms with Gasteiger partial charge in [-0.05, 0) is 69.2 Å². The Labute approximate surface area is 266 Å². The molecule has 238 valence electrons. The molecule has 1 N–H and O–H groups in total. The zero-order chi connectivity index (χ0) is 32.6. The standard InChI is InChI=1S/C34H29F3N8O2/c1-34(2,3)47-33(46)44-17-20-12-21(44)16-43(20)19-13-25(36)29(26(37)14-19)27-8-11-39-32-28(22-4-5-24(35)31-23(22)15-40-41-31)30(42-45(27)32)18-6-9-38-10-7-18/h4-11,13-15,20-21H,12,16-17H2,1-3H3,(H,40,41)/t20-,21-/m0/s1. The molecule has 0 aliphatic carbocycles. The van der Waals surface area contributed by atoms with E-state index < -0.39 is 23.1 Å². The van der Waals surface area contributed by atoms with E-state index in [1.807, 2.05) is 25.7 Å². The third-order valence-electron chi connectivity index (χ3n) is 8.79. The average molecular weight is 639 g/mol. The van der Waals surface area contributed by atoms with Crippen molar-refractivity contribution in [2.75, 3.05) is 18.0 Å². The second-order valence-corrected chi connectivity index (χ2v) is 12.9. The van der Waals surface area contributed by atoms with Crippen molar-refractivity contribution in [2.24, 2.45) is 0 Å². The maximum Gasteiger partial charge on any atom is 0.410 e. The summed E-state index contributed by atoms with van der Waals surface area (Å²) in [5.74, 6) is -1.99. The summed E-state index contributed by atoms with van der Waals surface area (Å²) >= 11 is 0. The Bertz CT molecular complexity index is 2170. The lowest BCUT2D eigenvalue weighted by molar-refractivity contribution is 0.0214. The summed E-state index contributed by atoms with van der Waals surface area (Å²) in [7, 11) is 0. The summed E-state index contributed by atoms with van der Waals surface area (Å²) in [4.78, 5) is 25.0. The van der Waals surface area contributed by atoms with E-state index in [1.54, 1.807) is 35.5 Å². The highest BCUT2D eigenvalue weighted by molar-refractivity contribution is 6.03. The number of halogens is 3. The number of pyridine rings is 1. The number of hydrogen-bond donors (Lipinski definition) is 1. The fourth-order valence-corrected chi connectivity index (χ4v) is 6.81. The molecule has 10 nitrogen and oxygen atoms in total. The maximum atomic E-state index is 16.1. The number of fused-ring (bicyclic) bond motifs is 4. The van der Waals surface area contributed by atoms with Gasteiger partial charge < -0.3 is 14.5 Å². The fourth-order valence-electron chi connectivity index (χ4n) is 6.81. The van der Waals surface area contributed by atoms with Gasteiger partial charge in [0.2, 0.25) is 0 Å². The molecular formula is C34H29F3N8O2. The average Bonchev–Trinajstić information content (AvgIpc) is 3.84. The summed E-state index contributed by atoms with van der Waals surface area (Å²) in [6.07, 6.45) is 6.54. The number of aromatic nitrogens is 6. The predicted molar refractivity (Wildman–Crippen MR) is 169 cm³/mol. The topological polar surface area (TPSA) is 105 Å². The highest BCUT2D eigenvalue weighted by Crippen LogP contribution is 2.41. The lowest BCUT2D eigenvalue weighted by atomic mass is 9.98. The van der Waals surface area contributed by atoms with Crippen molar-refractivity contribution in [3.05, 3.63) is 84.7 Å². The van der Waals surface area contributed by atoms with Crippen LogP contribution >= 0.6 is 0 Å². The quantitative estimate of drug-likeness (QED) is 0.232. The Hall–Kier alpha value is -5.46. The van der Waals surface area contributed by atoms with Gasteiger partial charge in [0.15, 0.2) is 5.65 Å². The number of carbonyl (C=O) groups excluding carboxylic acids is 1. The highest BCUT2D eigenvalue weighted by atomic mass is 19.1. The maximum absolute atomic E-state index is 16.1. The van der Waals surface area contributed by atoms with E-state index >= 15 is 8.78 Å². The number of aromatic amines is 1. The second-order valence-electron chi connectivity index (χ2n) is 12.9. The number of H-pyrrole nitrogens is 1. The van der Waals surface area contributed by atoms with Crippen LogP contribution in [0.25, 0.3) is 50.2 Å². The Morgan fingerprint density at radius 3 is 2.40 bits per heavy atom. The third-order valence-corrected chi connectivity index (χ3v) is 8.79. The lowest BCUT2D eigenvalue weighted by Gasteiger charge is -2.36. The van der Waals surface area contributed by atoms with Crippen molar-refractivity contribution in [3.63, 3.8) is 0 Å². The number of anilines is 1. The molecule has 0 saturated carbocycles. The van der Waals surface area contributed by atoms with E-state index in [-0.39, 0.29) is 35.0 Å². The monoisotopic (exact) mass is 638 g/mol. The first kappa shape index (κ1) is 29.0. The Morgan fingerprint density at radius 1 is 0.936 bits per heavy atom. The third kappa shape index (κ3) is 4.75. The number of hydrogen-bond acceptors (Lipinski definition) is 7. The Kier molecular flexibility index (Phi) is 6.50. The summed E-state index contributed by atoms with van der Waals surface area (Å²) < 4.78 is 53.8. The van der Waals surface area contributed by atoms with E-state index in [0.717, 1.165) is 0 Å². The molecule has 2 aromatic carbocycles. The number of rotatable bonds is 4. The molecule has 13 heteroatoms. The van der Waals surface area contributed by atoms with E-state index in [2.05, 4.69) is 20.2 Å². The minimum absolute atomic E-state index is 0.0862. The van der Waals surface area contributed by atoms with Gasteiger partial charge in [-0.3, -0.25) is 10.1 Å². The van der Waals surface area contributed by atoms with Crippen molar-refractivity contribution in [3.8, 4) is 33.6 Å². The van der Waals surface area contributed by atoms with E-state index in [4.69, 9.17) is 9.84 Å². The molecule has 2 saturated heterocycles. The highest BCUT2D eigenvalue weighted by Gasteiger charge is 2.47. The first-order valence-corrected chi connectivity index (χ1v) is 15.2. The summed E-state index contributed by atoms with van der Waals surface area (Å²) in [5, 5.41) is 12.1. The van der Waals surface area contributed by atoms with Crippen LogP contribution in [0.4, 0.5) is 23.7 Å². The SMILES string of the molecule is CC(C)(C)OC(=O)N1C[C@@H]2C[C@H]1CN2c1cc(F)c(-c2ccnc3c(-c4ccc(F)c5[nH]ncc45)c(-c4ccncc4)nn23)c(F)c1. The largest absolute Gasteiger partial charge is 0.444 e. The summed E-state index contributed by atoms with van der Waals surface area (Å²) in [6.45, 7) is 6.32. The molecule has 6 aromatic rings. The number of benzene rings is 2. The van der Waals surface area contributed by atoms with Gasteiger partial charge in [-0.2, -0.15) is 10.2 Å². The molecule has 47 heavy (non-hydrogen) atoms. The molecule has 1 amide bonds. The van der Waals surface area contributed by atoms with Gasteiger partial charge in [0.05, 0.1) is 29.1 Å². The second kappa shape index (κ2) is 10.5. The molecule has 4 aromatic heterocycles. The summed E-state index contributed by atoms with van der Waals surface area (Å²) in [5.41, 5.74) is 2.53. The fraction of sp³-hybridized carbons (Fsp3) is 0.265. The predicted octanol–water partition coefficient (Wildman–Crippen LogP) is 6.62. The van der Waals surface area contributed by atoms with Gasteiger partial charge in [0.1, 0.15) is 34.3 Å². The van der Waals surface area contributed by atoms with Crippen molar-refractivity contribution in [2.45, 2.75) is 44.9 Å². The van der Waals surface area contributed by atoms with Crippen LogP contribution in [-0.4, -0.2) is 71.5 Å². The van der Waals surface area contributed by atoms with Crippen LogP contribution in [0, 0.1) is 17.5 Å². The van der Waals surface area contributed by atoms with E-state index in [1.165, 1.54) is 41.2 Å². The van der Waals surface area contributed by atoms with Crippen LogP contribution in [-0.2, 0) is 4.74 Å². The number of nitrogens with one attached hydrogen (secondary N) is 1. The van der Waals surface area contributed by atoms with Gasteiger partial charge in [-0.25, -0.2) is 27.5 Å². The molecule has 2 atom stereocenters. The zero-order valence-electron chi connectivity index (χ0n) is 25.7. The van der Waals surface area contributed by atoms with Crippen LogP contribution in [0.5, 0.6) is 0 Å². The number of nitrogens with zero attached hydrogens (tertiary/aromatic N) is 7. The van der Waals surface area contributed by atoms with Gasteiger partial charge in [0, 0.05) is 54.4 Å². The van der Waals surface area contributed by atoms with Crippen LogP contribution in [0.15, 0.2) is 67.3 Å². The number of ether oxygens (including phenoxy) is 1. The van der Waals surface area contributed by atoms with Crippen molar-refractivity contribution >= 4 is 28.3 Å². The van der Waals surface area contributed by atoms with Crippen LogP contribution in [0.2, 0.25) is 0 Å². The molecule has 6 heterocycles. The van der Waals surface area contributed by atoms with Gasteiger partial charge in [-0.15, -0.1) is 0 Å². The minimum atomic E-state index is -0.763. The number of piperazine rings is 1. The normalized spacial score (nSPS) is 17.7. The van der Waals surface area contributed by atoms with Gasteiger partial charge >= 0.3 is 6.09 Å². The Balaban J connectivity index is 1.20. The number of likely N-dealkylation sites (tertiary alicyclic amines) is 1. The molecular weight excluding hydrogens is 609 g/mol. The van der Waals surface area contributed by atoms with Gasteiger partial charge in [0.25, 0.3) is 0 Å². The van der Waals surface area contributed by atoms with Crippen LogP contribution in [0.3, 0.4) is 0 Å². The minimum Gasteiger partial charge on any atom is -0.444 e. The van der Waals surface area contributed by atoms with E-state index in [0.29, 0.717) is 58.6 Å². The molecule has 2 bridgehead atoms. The zero-order valence-corrected chi connectivity index (χ0v) is 25.7. The Morgan fingerprint density at radius 2 is 1.70 bits per heavy atom. The molecule has 0 radical (unpaired) electrons. The van der Waals surface area contributed by atoms with Crippen LogP contribution < -0.4 is 4.90 Å². The first-order valence-electron chi connectivity index (χ1n) is 15.2. The van der Waals surface area contributed by atoms with Crippen molar-refractivity contribution in [1.29, 1.82) is 0 Å². The van der Waals surface area contributed by atoms with E-state index in [9.17, 15) is 9.18 Å². The molecule has 2 fully saturated rings. The van der Waals surface area contributed by atoms with Crippen molar-refractivity contribution in [1.82, 2.24) is 34.7 Å². The van der Waals surface area contributed by atoms with Crippen molar-refractivity contribution < 1.29 is 22.7 Å². The molecule has 8 rings (SSSR count). The molecule has 2 aliphatic rings.